The predicted molar refractivity (Wildman–Crippen MR) is 120 cm³/mol. The van der Waals surface area contributed by atoms with Gasteiger partial charge in [0.1, 0.15) is 18.2 Å². The van der Waals surface area contributed by atoms with Gasteiger partial charge in [-0.25, -0.2) is 8.78 Å². The summed E-state index contributed by atoms with van der Waals surface area (Å²) < 4.78 is 34.3. The van der Waals surface area contributed by atoms with Gasteiger partial charge in [0.05, 0.1) is 11.0 Å². The fourth-order valence-electron chi connectivity index (χ4n) is 4.78. The van der Waals surface area contributed by atoms with Crippen molar-refractivity contribution in [2.75, 3.05) is 26.2 Å². The van der Waals surface area contributed by atoms with E-state index in [4.69, 9.17) is 10.5 Å². The summed E-state index contributed by atoms with van der Waals surface area (Å²) >= 11 is 0. The highest BCUT2D eigenvalue weighted by Gasteiger charge is 2.21. The smallest absolute Gasteiger partial charge is 0.167 e. The molecule has 1 aliphatic rings. The van der Waals surface area contributed by atoms with Crippen LogP contribution in [0.5, 0.6) is 5.75 Å². The van der Waals surface area contributed by atoms with E-state index in [1.165, 1.54) is 24.3 Å². The summed E-state index contributed by atoms with van der Waals surface area (Å²) in [5, 5.41) is 3.26. The van der Waals surface area contributed by atoms with Crippen molar-refractivity contribution < 1.29 is 13.5 Å². The molecule has 0 aliphatic carbocycles. The second-order valence-corrected chi connectivity index (χ2v) is 8.38. The summed E-state index contributed by atoms with van der Waals surface area (Å²) in [5.74, 6) is 0.0711. The van der Waals surface area contributed by atoms with E-state index in [0.29, 0.717) is 12.4 Å². The number of hydrogen-bond acceptors (Lipinski definition) is 3. The summed E-state index contributed by atoms with van der Waals surface area (Å²) in [6.45, 7) is 3.12. The number of likely N-dealkylation sites (tertiary alicyclic amines) is 1. The van der Waals surface area contributed by atoms with Crippen LogP contribution in [0.4, 0.5) is 8.78 Å². The van der Waals surface area contributed by atoms with Crippen molar-refractivity contribution in [1.82, 2.24) is 14.9 Å². The Hall–Kier alpha value is -3.16. The highest BCUT2D eigenvalue weighted by atomic mass is 19.1. The number of ether oxygens (including phenoxy) is 1. The second kappa shape index (κ2) is 6.93. The number of hydrogen-bond donors (Lipinski definition) is 3. The van der Waals surface area contributed by atoms with Crippen LogP contribution in [-0.4, -0.2) is 47.2 Å². The summed E-state index contributed by atoms with van der Waals surface area (Å²) in [5.41, 5.74) is 9.28. The lowest BCUT2D eigenvalue weighted by Gasteiger charge is -2.16. The van der Waals surface area contributed by atoms with Crippen LogP contribution in [0.3, 0.4) is 0 Å². The van der Waals surface area contributed by atoms with Gasteiger partial charge in [-0.1, -0.05) is 0 Å². The molecule has 0 unspecified atom stereocenters. The van der Waals surface area contributed by atoms with Gasteiger partial charge < -0.3 is 20.4 Å². The maximum Gasteiger partial charge on any atom is 0.167 e. The first-order chi connectivity index (χ1) is 15.1. The molecule has 1 aliphatic heterocycles. The molecule has 3 heterocycles. The highest BCUT2D eigenvalue weighted by molar-refractivity contribution is 6.20. The number of H-pyrrole nitrogens is 2. The maximum absolute atomic E-state index is 14.0. The first-order valence-corrected chi connectivity index (χ1v) is 10.5. The number of fused-ring (bicyclic) bond motifs is 6. The van der Waals surface area contributed by atoms with Crippen LogP contribution in [0.15, 0.2) is 42.5 Å². The molecule has 0 bridgehead atoms. The molecule has 6 rings (SSSR count). The minimum atomic E-state index is -0.300. The van der Waals surface area contributed by atoms with Crippen molar-refractivity contribution in [3.8, 4) is 5.75 Å². The number of nitrogens with one attached hydrogen (secondary N) is 2. The number of rotatable bonds is 4. The second-order valence-electron chi connectivity index (χ2n) is 8.38. The van der Waals surface area contributed by atoms with Gasteiger partial charge in [0.25, 0.3) is 0 Å². The summed E-state index contributed by atoms with van der Waals surface area (Å²) in [6, 6.07) is 11.6. The Kier molecular flexibility index (Phi) is 4.16. The van der Waals surface area contributed by atoms with Crippen LogP contribution in [0, 0.1) is 11.6 Å². The van der Waals surface area contributed by atoms with Gasteiger partial charge in [-0.2, -0.15) is 0 Å². The molecule has 3 aromatic carbocycles. The van der Waals surface area contributed by atoms with E-state index < -0.39 is 0 Å². The molecule has 4 N–H and O–H groups in total. The Balaban J connectivity index is 1.53. The zero-order valence-electron chi connectivity index (χ0n) is 16.8. The van der Waals surface area contributed by atoms with Crippen LogP contribution in [0.2, 0.25) is 0 Å². The van der Waals surface area contributed by atoms with E-state index in [2.05, 4.69) is 14.9 Å². The molecule has 5 aromatic rings. The number of nitrogens with zero attached hydrogens (tertiary/aromatic N) is 1. The van der Waals surface area contributed by atoms with Gasteiger partial charge in [-0.15, -0.1) is 0 Å². The first-order valence-electron chi connectivity index (χ1n) is 10.5. The Labute approximate surface area is 176 Å². The maximum atomic E-state index is 14.0. The van der Waals surface area contributed by atoms with Crippen LogP contribution < -0.4 is 10.5 Å². The topological polar surface area (TPSA) is 70.1 Å². The van der Waals surface area contributed by atoms with E-state index in [1.54, 1.807) is 12.1 Å². The fraction of sp³-hybridized carbons (Fsp3) is 0.250. The molecule has 0 radical (unpaired) electrons. The van der Waals surface area contributed by atoms with Crippen LogP contribution >= 0.6 is 0 Å². The number of nitrogens with two attached hydrogens (primary N) is 1. The zero-order chi connectivity index (χ0) is 21.1. The van der Waals surface area contributed by atoms with E-state index in [1.807, 2.05) is 6.07 Å². The highest BCUT2D eigenvalue weighted by Crippen LogP contribution is 2.41. The van der Waals surface area contributed by atoms with Gasteiger partial charge in [0.15, 0.2) is 5.75 Å². The van der Waals surface area contributed by atoms with Crippen molar-refractivity contribution >= 4 is 43.6 Å². The van der Waals surface area contributed by atoms with Crippen LogP contribution in [0.25, 0.3) is 43.6 Å². The summed E-state index contributed by atoms with van der Waals surface area (Å²) in [6.07, 6.45) is 1.00. The van der Waals surface area contributed by atoms with Gasteiger partial charge in [-0.05, 0) is 55.4 Å². The molecule has 31 heavy (non-hydrogen) atoms. The largest absolute Gasteiger partial charge is 0.488 e. The molecular formula is C24H22F2N4O. The van der Waals surface area contributed by atoms with Crippen molar-refractivity contribution in [1.29, 1.82) is 0 Å². The van der Waals surface area contributed by atoms with Crippen molar-refractivity contribution in [2.24, 2.45) is 5.73 Å². The molecule has 1 atom stereocenters. The number of benzene rings is 3. The average Bonchev–Trinajstić information content (AvgIpc) is 3.43. The Morgan fingerprint density at radius 2 is 1.52 bits per heavy atom. The Bertz CT molecular complexity index is 1360. The number of halogens is 2. The third-order valence-electron chi connectivity index (χ3n) is 6.31. The summed E-state index contributed by atoms with van der Waals surface area (Å²) in [4.78, 5) is 9.07. The minimum Gasteiger partial charge on any atom is -0.488 e. The predicted octanol–water partition coefficient (Wildman–Crippen LogP) is 4.65. The third kappa shape index (κ3) is 3.04. The van der Waals surface area contributed by atoms with Gasteiger partial charge >= 0.3 is 0 Å². The molecule has 158 valence electrons. The first kappa shape index (κ1) is 18.6. The molecular weight excluding hydrogens is 398 g/mol. The average molecular weight is 420 g/mol. The standard InChI is InChI=1S/C24H22F2N4O/c25-13-1-3-20-16(9-13)18-11-19-17-10-14(26)2-4-21(17)29-23(19)24(22(18)28-20)31-8-7-30-6-5-15(27)12-30/h1-4,9-11,15,28-29H,5-8,12,27H2/t15-/m0/s1. The Morgan fingerprint density at radius 1 is 0.903 bits per heavy atom. The van der Waals surface area contributed by atoms with Crippen molar-refractivity contribution in [2.45, 2.75) is 12.5 Å². The minimum absolute atomic E-state index is 0.224. The monoisotopic (exact) mass is 420 g/mol. The lowest BCUT2D eigenvalue weighted by atomic mass is 10.1. The van der Waals surface area contributed by atoms with Gasteiger partial charge in [-0.3, -0.25) is 4.90 Å². The van der Waals surface area contributed by atoms with E-state index in [0.717, 1.165) is 69.7 Å². The molecule has 2 aromatic heterocycles. The zero-order valence-corrected chi connectivity index (χ0v) is 16.8. The van der Waals surface area contributed by atoms with E-state index >= 15 is 0 Å². The van der Waals surface area contributed by atoms with Crippen LogP contribution in [0.1, 0.15) is 6.42 Å². The molecule has 0 saturated carbocycles. The quantitative estimate of drug-likeness (QED) is 0.397. The van der Waals surface area contributed by atoms with Gasteiger partial charge in [0.2, 0.25) is 0 Å². The lowest BCUT2D eigenvalue weighted by molar-refractivity contribution is 0.239. The van der Waals surface area contributed by atoms with E-state index in [9.17, 15) is 8.78 Å². The third-order valence-corrected chi connectivity index (χ3v) is 6.31. The fourth-order valence-corrected chi connectivity index (χ4v) is 4.78. The van der Waals surface area contributed by atoms with Crippen molar-refractivity contribution in [3.63, 3.8) is 0 Å². The molecule has 5 nitrogen and oxygen atoms in total. The number of aromatic amines is 2. The molecule has 7 heteroatoms. The molecule has 0 spiro atoms. The van der Waals surface area contributed by atoms with Crippen molar-refractivity contribution in [3.05, 3.63) is 54.1 Å². The lowest BCUT2D eigenvalue weighted by Crippen LogP contribution is -2.29. The molecule has 1 saturated heterocycles. The van der Waals surface area contributed by atoms with E-state index in [-0.39, 0.29) is 17.7 Å². The normalized spacial score (nSPS) is 17.6. The molecule has 0 amide bonds. The van der Waals surface area contributed by atoms with Crippen LogP contribution in [-0.2, 0) is 0 Å². The van der Waals surface area contributed by atoms with Gasteiger partial charge in [0, 0.05) is 51.7 Å². The number of aromatic nitrogens is 2. The molecule has 1 fully saturated rings. The Morgan fingerprint density at radius 3 is 2.06 bits per heavy atom. The summed E-state index contributed by atoms with van der Waals surface area (Å²) in [7, 11) is 0. The SMILES string of the molecule is N[C@H]1CCN(CCOc2c3[nH]c4ccc(F)cc4c3cc3c2[nH]c2ccc(F)cc23)C1.